The molecule has 6 aromatic rings. The summed E-state index contributed by atoms with van der Waals surface area (Å²) in [6.45, 7) is 6.63. The van der Waals surface area contributed by atoms with E-state index in [4.69, 9.17) is 0 Å². The predicted molar refractivity (Wildman–Crippen MR) is 223 cm³/mol. The molecule has 3 heteroatoms. The minimum absolute atomic E-state index is 0.772. The Kier molecular flexibility index (Phi) is 11.8. The molecule has 276 valence electrons. The number of pyridine rings is 3. The van der Waals surface area contributed by atoms with Crippen molar-refractivity contribution in [1.29, 1.82) is 0 Å². The molecule has 54 heavy (non-hydrogen) atoms. The van der Waals surface area contributed by atoms with Gasteiger partial charge in [-0.1, -0.05) is 54.6 Å². The Morgan fingerprint density at radius 3 is 0.926 bits per heavy atom. The van der Waals surface area contributed by atoms with Gasteiger partial charge in [0.25, 0.3) is 0 Å². The lowest BCUT2D eigenvalue weighted by Gasteiger charge is -2.35. The summed E-state index contributed by atoms with van der Waals surface area (Å²) in [4.78, 5) is 0. The molecule has 0 spiro atoms. The van der Waals surface area contributed by atoms with Crippen LogP contribution in [0.3, 0.4) is 0 Å². The second kappa shape index (κ2) is 17.1. The van der Waals surface area contributed by atoms with Crippen molar-refractivity contribution < 1.29 is 13.7 Å². The Morgan fingerprint density at radius 2 is 0.667 bits per heavy atom. The van der Waals surface area contributed by atoms with E-state index < -0.39 is 0 Å². The maximum absolute atomic E-state index is 2.38. The molecule has 0 amide bonds. The van der Waals surface area contributed by atoms with Gasteiger partial charge in [0, 0.05) is 51.6 Å². The number of hydrogen-bond donors (Lipinski definition) is 0. The average molecular weight is 715 g/mol. The van der Waals surface area contributed by atoms with Crippen molar-refractivity contribution in [2.45, 2.75) is 78.6 Å². The molecule has 1 aliphatic rings. The molecule has 7 rings (SSSR count). The summed E-state index contributed by atoms with van der Waals surface area (Å²) in [7, 11) is 6.62. The van der Waals surface area contributed by atoms with E-state index in [1.165, 1.54) is 106 Å². The summed E-state index contributed by atoms with van der Waals surface area (Å²) in [5, 5.41) is 0. The molecule has 0 unspecified atom stereocenters. The molecule has 0 bridgehead atoms. The molecule has 1 aliphatic carbocycles. The molecular weight excluding hydrogens is 655 g/mol. The number of aryl methyl sites for hydroxylation is 9. The topological polar surface area (TPSA) is 11.6 Å². The van der Waals surface area contributed by atoms with Crippen molar-refractivity contribution in [1.82, 2.24) is 0 Å². The smallest absolute Gasteiger partial charge is 0.201 e. The minimum atomic E-state index is 0.772. The van der Waals surface area contributed by atoms with Gasteiger partial charge in [0.05, 0.1) is 0 Å². The molecule has 0 radical (unpaired) electrons. The number of nitrogens with zero attached hydrogens (tertiary/aromatic N) is 3. The zero-order valence-electron chi connectivity index (χ0n) is 33.6. The van der Waals surface area contributed by atoms with Gasteiger partial charge in [-0.15, -0.1) is 0 Å². The third-order valence-corrected chi connectivity index (χ3v) is 12.4. The lowest BCUT2D eigenvalue weighted by atomic mass is 9.70. The van der Waals surface area contributed by atoms with Gasteiger partial charge in [-0.05, 0) is 149 Å². The van der Waals surface area contributed by atoms with Gasteiger partial charge in [-0.3, -0.25) is 0 Å². The first-order valence-corrected chi connectivity index (χ1v) is 20.4. The number of benzene rings is 3. The van der Waals surface area contributed by atoms with E-state index in [0.717, 1.165) is 37.0 Å². The number of rotatable bonds is 12. The first kappa shape index (κ1) is 37.4. The van der Waals surface area contributed by atoms with Crippen LogP contribution in [0.25, 0.3) is 33.8 Å². The van der Waals surface area contributed by atoms with E-state index in [-0.39, 0.29) is 0 Å². The van der Waals surface area contributed by atoms with Crippen molar-refractivity contribution >= 4 is 0 Å². The van der Waals surface area contributed by atoms with Crippen LogP contribution in [0.2, 0.25) is 0 Å². The van der Waals surface area contributed by atoms with Gasteiger partial charge in [0.15, 0.2) is 18.6 Å². The summed E-state index contributed by atoms with van der Waals surface area (Å²) >= 11 is 0. The van der Waals surface area contributed by atoms with E-state index in [2.05, 4.69) is 183 Å². The van der Waals surface area contributed by atoms with E-state index in [1.807, 2.05) is 0 Å². The summed E-state index contributed by atoms with van der Waals surface area (Å²) < 4.78 is 7.00. The fourth-order valence-electron chi connectivity index (χ4n) is 9.38. The van der Waals surface area contributed by atoms with Crippen LogP contribution < -0.4 is 13.7 Å². The predicted octanol–water partition coefficient (Wildman–Crippen LogP) is 10.3. The molecule has 0 N–H and O–H groups in total. The van der Waals surface area contributed by atoms with Crippen LogP contribution in [0.4, 0.5) is 0 Å². The number of aromatic nitrogens is 3. The zero-order valence-corrected chi connectivity index (χ0v) is 33.6. The molecule has 1 saturated carbocycles. The summed E-state index contributed by atoms with van der Waals surface area (Å²) in [6, 6.07) is 40.3. The van der Waals surface area contributed by atoms with Crippen molar-refractivity contribution in [3.63, 3.8) is 0 Å². The second-order valence-corrected chi connectivity index (χ2v) is 16.5. The highest BCUT2D eigenvalue weighted by Crippen LogP contribution is 2.40. The highest BCUT2D eigenvalue weighted by molar-refractivity contribution is 5.62. The van der Waals surface area contributed by atoms with Crippen molar-refractivity contribution in [3.8, 4) is 33.8 Å². The highest BCUT2D eigenvalue weighted by Gasteiger charge is 2.29. The Hall–Kier alpha value is -4.89. The zero-order chi connectivity index (χ0) is 37.6. The van der Waals surface area contributed by atoms with Crippen LogP contribution >= 0.6 is 0 Å². The molecule has 3 nitrogen and oxygen atoms in total. The Morgan fingerprint density at radius 1 is 0.389 bits per heavy atom. The Balaban J connectivity index is 1.03. The monoisotopic (exact) mass is 714 g/mol. The van der Waals surface area contributed by atoms with Gasteiger partial charge >= 0.3 is 0 Å². The van der Waals surface area contributed by atoms with Crippen LogP contribution in [-0.2, 0) is 40.4 Å². The summed E-state index contributed by atoms with van der Waals surface area (Å²) in [6.07, 6.45) is 18.5. The first-order chi connectivity index (χ1) is 26.2. The van der Waals surface area contributed by atoms with Crippen LogP contribution in [0.1, 0.15) is 71.9 Å². The van der Waals surface area contributed by atoms with Gasteiger partial charge < -0.3 is 0 Å². The maximum atomic E-state index is 2.38. The summed E-state index contributed by atoms with van der Waals surface area (Å²) in [5.74, 6) is 2.32. The van der Waals surface area contributed by atoms with E-state index in [1.54, 1.807) is 0 Å². The fourth-order valence-corrected chi connectivity index (χ4v) is 9.38. The second-order valence-electron chi connectivity index (χ2n) is 16.5. The number of hydrogen-bond acceptors (Lipinski definition) is 0. The highest BCUT2D eigenvalue weighted by atomic mass is 14.9. The fraction of sp³-hybridized carbons (Fsp3) is 0.353. The van der Waals surface area contributed by atoms with Crippen molar-refractivity contribution in [2.24, 2.45) is 38.9 Å². The standard InChI is InChI=1S/C51H60N3/c1-37-13-7-10-16-46(37)49-28-25-40(34-52(49)4)19-22-43-31-44(23-20-41-26-29-50(53(5)35-41)47-17-11-8-14-38(47)2)33-45(32-43)24-21-42-27-30-51(54(6)36-42)48-18-12-9-15-39(48)3/h7-18,25-30,34-36,43-45H,19-24,31-33H2,1-6H3/q+3/t43-,44+,45-. The molecule has 0 aliphatic heterocycles. The summed E-state index contributed by atoms with van der Waals surface area (Å²) in [5.41, 5.74) is 16.2. The first-order valence-electron chi connectivity index (χ1n) is 20.4. The largest absolute Gasteiger partial charge is 0.212 e. The molecule has 3 aromatic heterocycles. The van der Waals surface area contributed by atoms with Crippen molar-refractivity contribution in [2.75, 3.05) is 0 Å². The molecular formula is C51H60N3+3. The average Bonchev–Trinajstić information content (AvgIpc) is 3.17. The van der Waals surface area contributed by atoms with E-state index in [0.29, 0.717) is 0 Å². The van der Waals surface area contributed by atoms with Crippen LogP contribution in [-0.4, -0.2) is 0 Å². The third-order valence-electron chi connectivity index (χ3n) is 12.4. The van der Waals surface area contributed by atoms with Gasteiger partial charge in [-0.25, -0.2) is 13.7 Å². The van der Waals surface area contributed by atoms with Crippen LogP contribution in [0, 0.1) is 38.5 Å². The van der Waals surface area contributed by atoms with E-state index >= 15 is 0 Å². The Bertz CT molecular complexity index is 1960. The quantitative estimate of drug-likeness (QED) is 0.112. The molecule has 3 aromatic carbocycles. The van der Waals surface area contributed by atoms with Crippen LogP contribution in [0.5, 0.6) is 0 Å². The van der Waals surface area contributed by atoms with Crippen molar-refractivity contribution in [3.05, 3.63) is 161 Å². The third kappa shape index (κ3) is 8.90. The van der Waals surface area contributed by atoms with Gasteiger partial charge in [0.2, 0.25) is 17.1 Å². The molecule has 3 heterocycles. The van der Waals surface area contributed by atoms with E-state index in [9.17, 15) is 0 Å². The lowest BCUT2D eigenvalue weighted by molar-refractivity contribution is -0.661. The minimum Gasteiger partial charge on any atom is -0.201 e. The van der Waals surface area contributed by atoms with Gasteiger partial charge in [0.1, 0.15) is 21.1 Å². The molecule has 0 saturated heterocycles. The molecule has 1 fully saturated rings. The molecule has 0 atom stereocenters. The maximum Gasteiger partial charge on any atom is 0.212 e. The lowest BCUT2D eigenvalue weighted by Crippen LogP contribution is -2.32. The Labute approximate surface area is 325 Å². The van der Waals surface area contributed by atoms with Crippen LogP contribution in [0.15, 0.2) is 128 Å². The SMILES string of the molecule is Cc1ccccc1-c1ccc(CC[C@H]2C[C@@H](CCc3ccc(-c4ccccc4C)[n+](C)c3)C[C@@H](CCc3ccc(-c4ccccc4C)[n+](C)c3)C2)c[n+]1C. The normalized spacial score (nSPS) is 17.1. The van der Waals surface area contributed by atoms with Gasteiger partial charge in [-0.2, -0.15) is 0 Å².